The molecule has 0 bridgehead atoms. The van der Waals surface area contributed by atoms with Crippen LogP contribution in [-0.2, 0) is 6.54 Å². The van der Waals surface area contributed by atoms with Gasteiger partial charge in [-0.2, -0.15) is 0 Å². The lowest BCUT2D eigenvalue weighted by molar-refractivity contribution is 0.0724. The molecule has 33 heavy (non-hydrogen) atoms. The highest BCUT2D eigenvalue weighted by Crippen LogP contribution is 2.30. The molecule has 0 unspecified atom stereocenters. The minimum atomic E-state index is 0. The maximum atomic E-state index is 12.8. The summed E-state index contributed by atoms with van der Waals surface area (Å²) in [7, 11) is 1.62. The Kier molecular flexibility index (Phi) is 11.3. The molecule has 3 rings (SSSR count). The van der Waals surface area contributed by atoms with Crippen LogP contribution in [0.5, 0.6) is 11.5 Å². The minimum Gasteiger partial charge on any atom is -0.493 e. The molecular weight excluding hydrogens is 531 g/mol. The summed E-state index contributed by atoms with van der Waals surface area (Å²) in [5, 5.41) is 6.57. The number of guanidine groups is 1. The zero-order chi connectivity index (χ0) is 22.8. The largest absolute Gasteiger partial charge is 0.493 e. The molecule has 8 heteroatoms. The van der Waals surface area contributed by atoms with Crippen molar-refractivity contribution in [3.8, 4) is 11.5 Å². The standard InChI is InChI=1S/C25H34N4O3.HI/c1-4-26-25(28-21-12-13-22(32-5-2)23(17-21)31-3)27-18-19-10-9-11-20(16-19)24(30)29-14-7-6-8-15-29;/h9-13,16-17H,4-8,14-15,18H2,1-3H3,(H2,26,27,28);1H. The molecule has 2 aromatic carbocycles. The van der Waals surface area contributed by atoms with Gasteiger partial charge in [0.25, 0.3) is 5.91 Å². The molecule has 1 heterocycles. The number of likely N-dealkylation sites (tertiary alicyclic amines) is 1. The molecule has 0 saturated carbocycles. The summed E-state index contributed by atoms with van der Waals surface area (Å²) in [5.41, 5.74) is 2.57. The average Bonchev–Trinajstić information content (AvgIpc) is 2.84. The quantitative estimate of drug-likeness (QED) is 0.270. The van der Waals surface area contributed by atoms with E-state index in [1.165, 1.54) is 6.42 Å². The van der Waals surface area contributed by atoms with Crippen molar-refractivity contribution in [3.05, 3.63) is 53.6 Å². The van der Waals surface area contributed by atoms with Crippen LogP contribution in [0.2, 0.25) is 0 Å². The highest BCUT2D eigenvalue weighted by atomic mass is 127. The maximum Gasteiger partial charge on any atom is 0.253 e. The van der Waals surface area contributed by atoms with Crippen LogP contribution in [0, 0.1) is 0 Å². The van der Waals surface area contributed by atoms with Gasteiger partial charge in [0.1, 0.15) is 0 Å². The van der Waals surface area contributed by atoms with Crippen molar-refractivity contribution in [2.24, 2.45) is 4.99 Å². The van der Waals surface area contributed by atoms with E-state index in [1.807, 2.05) is 61.2 Å². The molecule has 0 radical (unpaired) electrons. The second-order valence-electron chi connectivity index (χ2n) is 7.67. The summed E-state index contributed by atoms with van der Waals surface area (Å²) in [4.78, 5) is 19.5. The van der Waals surface area contributed by atoms with Crippen molar-refractivity contribution in [1.29, 1.82) is 0 Å². The number of halogens is 1. The number of anilines is 1. The first kappa shape index (κ1) is 26.8. The van der Waals surface area contributed by atoms with Crippen LogP contribution in [0.25, 0.3) is 0 Å². The molecule has 0 atom stereocenters. The number of hydrogen-bond donors (Lipinski definition) is 2. The highest BCUT2D eigenvalue weighted by Gasteiger charge is 2.18. The minimum absolute atomic E-state index is 0. The van der Waals surface area contributed by atoms with Crippen LogP contribution in [0.1, 0.15) is 49.0 Å². The Bertz CT molecular complexity index is 930. The van der Waals surface area contributed by atoms with Crippen LogP contribution >= 0.6 is 24.0 Å². The molecule has 2 aromatic rings. The van der Waals surface area contributed by atoms with E-state index in [9.17, 15) is 4.79 Å². The number of piperidine rings is 1. The smallest absolute Gasteiger partial charge is 0.253 e. The predicted molar refractivity (Wildman–Crippen MR) is 144 cm³/mol. The fraction of sp³-hybridized carbons (Fsp3) is 0.440. The SMILES string of the molecule is CCNC(=NCc1cccc(C(=O)N2CCCCC2)c1)Nc1ccc(OCC)c(OC)c1.I. The number of methoxy groups -OCH3 is 1. The van der Waals surface area contributed by atoms with Gasteiger partial charge in [0.2, 0.25) is 0 Å². The van der Waals surface area contributed by atoms with Gasteiger partial charge in [-0.25, -0.2) is 4.99 Å². The van der Waals surface area contributed by atoms with Gasteiger partial charge < -0.3 is 25.0 Å². The second-order valence-corrected chi connectivity index (χ2v) is 7.67. The van der Waals surface area contributed by atoms with Gasteiger partial charge in [0.05, 0.1) is 20.3 Å². The summed E-state index contributed by atoms with van der Waals surface area (Å²) < 4.78 is 11.0. The first-order chi connectivity index (χ1) is 15.6. The summed E-state index contributed by atoms with van der Waals surface area (Å²) in [5.74, 6) is 2.14. The van der Waals surface area contributed by atoms with E-state index in [0.29, 0.717) is 30.6 Å². The normalized spacial score (nSPS) is 13.7. The summed E-state index contributed by atoms with van der Waals surface area (Å²) in [6.45, 7) is 7.43. The number of carbonyl (C=O) groups is 1. The summed E-state index contributed by atoms with van der Waals surface area (Å²) >= 11 is 0. The van der Waals surface area contributed by atoms with Crippen molar-refractivity contribution in [3.63, 3.8) is 0 Å². The van der Waals surface area contributed by atoms with Crippen LogP contribution in [0.3, 0.4) is 0 Å². The van der Waals surface area contributed by atoms with Gasteiger partial charge in [-0.15, -0.1) is 24.0 Å². The predicted octanol–water partition coefficient (Wildman–Crippen LogP) is 4.92. The number of nitrogens with one attached hydrogen (secondary N) is 2. The van der Waals surface area contributed by atoms with Crippen molar-refractivity contribution >= 4 is 41.5 Å². The number of nitrogens with zero attached hydrogens (tertiary/aromatic N) is 2. The molecule has 180 valence electrons. The Morgan fingerprint density at radius 2 is 1.85 bits per heavy atom. The molecule has 1 amide bonds. The molecule has 0 aliphatic carbocycles. The molecule has 1 saturated heterocycles. The third-order valence-corrected chi connectivity index (χ3v) is 5.31. The van der Waals surface area contributed by atoms with E-state index in [1.54, 1.807) is 7.11 Å². The lowest BCUT2D eigenvalue weighted by Crippen LogP contribution is -2.35. The zero-order valence-corrected chi connectivity index (χ0v) is 22.1. The number of rotatable bonds is 8. The van der Waals surface area contributed by atoms with E-state index in [2.05, 4.69) is 10.6 Å². The van der Waals surface area contributed by atoms with Crippen molar-refractivity contribution < 1.29 is 14.3 Å². The fourth-order valence-electron chi connectivity index (χ4n) is 3.72. The first-order valence-electron chi connectivity index (χ1n) is 11.4. The van der Waals surface area contributed by atoms with Gasteiger partial charge in [0, 0.05) is 37.0 Å². The van der Waals surface area contributed by atoms with Gasteiger partial charge in [0.15, 0.2) is 17.5 Å². The number of hydrogen-bond acceptors (Lipinski definition) is 4. The van der Waals surface area contributed by atoms with Gasteiger partial charge >= 0.3 is 0 Å². The molecule has 1 aliphatic rings. The van der Waals surface area contributed by atoms with Crippen molar-refractivity contribution in [2.75, 3.05) is 38.7 Å². The Morgan fingerprint density at radius 3 is 2.55 bits per heavy atom. The molecule has 1 aliphatic heterocycles. The molecule has 7 nitrogen and oxygen atoms in total. The Hall–Kier alpha value is -2.49. The first-order valence-corrected chi connectivity index (χ1v) is 11.4. The number of carbonyl (C=O) groups excluding carboxylic acids is 1. The van der Waals surface area contributed by atoms with Crippen molar-refractivity contribution in [1.82, 2.24) is 10.2 Å². The zero-order valence-electron chi connectivity index (χ0n) is 19.7. The average molecular weight is 566 g/mol. The number of benzene rings is 2. The number of amides is 1. The Balaban J connectivity index is 0.00000385. The van der Waals surface area contributed by atoms with E-state index < -0.39 is 0 Å². The third-order valence-electron chi connectivity index (χ3n) is 5.31. The molecule has 1 fully saturated rings. The topological polar surface area (TPSA) is 75.2 Å². The van der Waals surface area contributed by atoms with E-state index >= 15 is 0 Å². The van der Waals surface area contributed by atoms with Crippen molar-refractivity contribution in [2.45, 2.75) is 39.7 Å². The molecular formula is C25H35IN4O3. The lowest BCUT2D eigenvalue weighted by atomic mass is 10.1. The molecule has 2 N–H and O–H groups in total. The summed E-state index contributed by atoms with van der Waals surface area (Å²) in [6.07, 6.45) is 3.38. The number of ether oxygens (including phenoxy) is 2. The van der Waals surface area contributed by atoms with E-state index in [0.717, 1.165) is 49.3 Å². The lowest BCUT2D eigenvalue weighted by Gasteiger charge is -2.26. The summed E-state index contributed by atoms with van der Waals surface area (Å²) in [6, 6.07) is 13.5. The van der Waals surface area contributed by atoms with Crippen LogP contribution in [0.15, 0.2) is 47.5 Å². The maximum absolute atomic E-state index is 12.8. The number of aliphatic imine (C=N–C) groups is 1. The Morgan fingerprint density at radius 1 is 1.06 bits per heavy atom. The highest BCUT2D eigenvalue weighted by molar-refractivity contribution is 14.0. The Labute approximate surface area is 214 Å². The second kappa shape index (κ2) is 13.9. The molecule has 0 aromatic heterocycles. The van der Waals surface area contributed by atoms with Crippen LogP contribution in [0.4, 0.5) is 5.69 Å². The fourth-order valence-corrected chi connectivity index (χ4v) is 3.72. The monoisotopic (exact) mass is 566 g/mol. The van der Waals surface area contributed by atoms with E-state index in [4.69, 9.17) is 14.5 Å². The van der Waals surface area contributed by atoms with Crippen LogP contribution < -0.4 is 20.1 Å². The third kappa shape index (κ3) is 7.80. The van der Waals surface area contributed by atoms with Gasteiger partial charge in [-0.1, -0.05) is 12.1 Å². The molecule has 0 spiro atoms. The van der Waals surface area contributed by atoms with Crippen LogP contribution in [-0.4, -0.2) is 50.1 Å². The van der Waals surface area contributed by atoms with E-state index in [-0.39, 0.29) is 29.9 Å². The van der Waals surface area contributed by atoms with Gasteiger partial charge in [-0.05, 0) is 62.9 Å². The van der Waals surface area contributed by atoms with Gasteiger partial charge in [-0.3, -0.25) is 4.79 Å².